The molecule has 0 fully saturated rings. The largest absolute Gasteiger partial charge is 1.00 e. The number of benzene rings is 1. The van der Waals surface area contributed by atoms with Crippen molar-refractivity contribution in [1.82, 2.24) is 0 Å². The van der Waals surface area contributed by atoms with Crippen molar-refractivity contribution < 1.29 is 32.8 Å². The van der Waals surface area contributed by atoms with Crippen LogP contribution in [0.5, 0.6) is 0 Å². The van der Waals surface area contributed by atoms with Crippen LogP contribution in [-0.2, 0) is 24.3 Å². The molecule has 120 valence electrons. The second-order valence-corrected chi connectivity index (χ2v) is 7.38. The third kappa shape index (κ3) is 5.16. The lowest BCUT2D eigenvalue weighted by Crippen LogP contribution is -3.00. The topological polar surface area (TPSA) is 20.9 Å². The summed E-state index contributed by atoms with van der Waals surface area (Å²) in [4.78, 5) is 0.927. The minimum absolute atomic E-state index is 0. The maximum atomic E-state index is 12.4. The Labute approximate surface area is 153 Å². The second kappa shape index (κ2) is 8.77. The molecule has 4 heteroatoms. The van der Waals surface area contributed by atoms with Crippen molar-refractivity contribution in [2.24, 2.45) is 7.05 Å². The van der Waals surface area contributed by atoms with Crippen molar-refractivity contribution in [3.63, 3.8) is 0 Å². The van der Waals surface area contributed by atoms with Crippen LogP contribution in [-0.4, -0.2) is 9.96 Å². The lowest BCUT2D eigenvalue weighted by atomic mass is 10.0. The number of nitrogens with zero attached hydrogens (tertiary/aromatic N) is 1. The van der Waals surface area contributed by atoms with E-state index in [9.17, 15) is 4.21 Å². The Morgan fingerprint density at radius 3 is 2.27 bits per heavy atom. The molecule has 1 unspecified atom stereocenters. The van der Waals surface area contributed by atoms with Gasteiger partial charge in [0, 0.05) is 29.2 Å². The zero-order chi connectivity index (χ0) is 15.4. The lowest BCUT2D eigenvalue weighted by Gasteiger charge is -2.07. The van der Waals surface area contributed by atoms with Crippen LogP contribution in [0.1, 0.15) is 36.6 Å². The summed E-state index contributed by atoms with van der Waals surface area (Å²) in [5, 5.41) is 0. The molecule has 1 heterocycles. The number of hydrogen-bond donors (Lipinski definition) is 0. The summed E-state index contributed by atoms with van der Waals surface area (Å²) in [7, 11) is 1.12. The smallest absolute Gasteiger partial charge is 0.177 e. The molecule has 1 atom stereocenters. The summed E-state index contributed by atoms with van der Waals surface area (Å²) in [6.45, 7) is 6.42. The number of rotatable bonds is 5. The summed E-state index contributed by atoms with van der Waals surface area (Å²) in [5.41, 5.74) is 3.75. The first-order chi connectivity index (χ1) is 9.97. The average Bonchev–Trinajstić information content (AvgIpc) is 2.48. The van der Waals surface area contributed by atoms with Crippen molar-refractivity contribution in [2.75, 3.05) is 5.75 Å². The molecule has 0 aliphatic rings. The van der Waals surface area contributed by atoms with Crippen molar-refractivity contribution in [1.29, 1.82) is 0 Å². The Morgan fingerprint density at radius 1 is 1.09 bits per heavy atom. The van der Waals surface area contributed by atoms with Gasteiger partial charge in [0.1, 0.15) is 7.05 Å². The fourth-order valence-corrected chi connectivity index (χ4v) is 3.32. The van der Waals surface area contributed by atoms with E-state index in [1.165, 1.54) is 16.8 Å². The van der Waals surface area contributed by atoms with Crippen molar-refractivity contribution in [3.05, 3.63) is 59.4 Å². The van der Waals surface area contributed by atoms with E-state index in [2.05, 4.69) is 55.8 Å². The highest BCUT2D eigenvalue weighted by Crippen LogP contribution is 2.17. The molecule has 1 aromatic carbocycles. The predicted octanol–water partition coefficient (Wildman–Crippen LogP) is 0.297. The average molecular weight is 429 g/mol. The van der Waals surface area contributed by atoms with Gasteiger partial charge in [-0.05, 0) is 36.1 Å². The fourth-order valence-electron chi connectivity index (χ4n) is 2.22. The Hall–Kier alpha value is -0.750. The highest BCUT2D eigenvalue weighted by Gasteiger charge is 2.08. The maximum absolute atomic E-state index is 12.4. The first kappa shape index (κ1) is 19.3. The van der Waals surface area contributed by atoms with E-state index < -0.39 is 10.8 Å². The molecule has 0 spiro atoms. The first-order valence-corrected chi connectivity index (χ1v) is 8.73. The van der Waals surface area contributed by atoms with E-state index in [0.29, 0.717) is 11.7 Å². The summed E-state index contributed by atoms with van der Waals surface area (Å²) in [6, 6.07) is 12.4. The standard InChI is InChI=1S/C18H24NOS.HI/c1-14(2)17-7-9-18(10-8-17)21(20)12-11-16-6-5-15(3)19(4)13-16;/h5-10,13-14H,11-12H2,1-4H3;1H/q+1;/p-1. The van der Waals surface area contributed by atoms with E-state index in [1.54, 1.807) is 0 Å². The predicted molar refractivity (Wildman–Crippen MR) is 87.9 cm³/mol. The third-order valence-electron chi connectivity index (χ3n) is 3.84. The van der Waals surface area contributed by atoms with Gasteiger partial charge in [0.15, 0.2) is 11.9 Å². The first-order valence-electron chi connectivity index (χ1n) is 7.41. The number of aromatic nitrogens is 1. The number of hydrogen-bond acceptors (Lipinski definition) is 1. The van der Waals surface area contributed by atoms with E-state index in [4.69, 9.17) is 0 Å². The van der Waals surface area contributed by atoms with Gasteiger partial charge in [0.05, 0.1) is 10.8 Å². The van der Waals surface area contributed by atoms with E-state index in [1.807, 2.05) is 19.2 Å². The van der Waals surface area contributed by atoms with Gasteiger partial charge >= 0.3 is 0 Å². The molecular weight excluding hydrogens is 405 g/mol. The van der Waals surface area contributed by atoms with Crippen molar-refractivity contribution in [3.8, 4) is 0 Å². The monoisotopic (exact) mass is 429 g/mol. The van der Waals surface area contributed by atoms with Gasteiger partial charge in [-0.15, -0.1) is 0 Å². The van der Waals surface area contributed by atoms with Gasteiger partial charge in [0.2, 0.25) is 0 Å². The van der Waals surface area contributed by atoms with Gasteiger partial charge in [-0.3, -0.25) is 4.21 Å². The molecule has 0 N–H and O–H groups in total. The molecule has 22 heavy (non-hydrogen) atoms. The maximum Gasteiger partial charge on any atom is 0.177 e. The molecule has 2 nitrogen and oxygen atoms in total. The van der Waals surface area contributed by atoms with Crippen LogP contribution in [0.3, 0.4) is 0 Å². The zero-order valence-electron chi connectivity index (χ0n) is 13.7. The van der Waals surface area contributed by atoms with Gasteiger partial charge in [-0.2, -0.15) is 0 Å². The fraction of sp³-hybridized carbons (Fsp3) is 0.389. The van der Waals surface area contributed by atoms with Crippen LogP contribution in [0.4, 0.5) is 0 Å². The lowest BCUT2D eigenvalue weighted by molar-refractivity contribution is -0.678. The molecule has 2 rings (SSSR count). The molecule has 0 amide bonds. The third-order valence-corrected chi connectivity index (χ3v) is 5.21. The summed E-state index contributed by atoms with van der Waals surface area (Å²) >= 11 is 0. The molecule has 0 saturated heterocycles. The second-order valence-electron chi connectivity index (χ2n) is 5.81. The van der Waals surface area contributed by atoms with E-state index in [-0.39, 0.29) is 24.0 Å². The highest BCUT2D eigenvalue weighted by molar-refractivity contribution is 7.85. The van der Waals surface area contributed by atoms with Gasteiger partial charge in [-0.1, -0.05) is 26.0 Å². The van der Waals surface area contributed by atoms with Gasteiger partial charge < -0.3 is 24.0 Å². The molecule has 0 aliphatic carbocycles. The molecule has 2 aromatic rings. The summed E-state index contributed by atoms with van der Waals surface area (Å²) < 4.78 is 14.5. The SMILES string of the molecule is Cc1ccc(CCS(=O)c2ccc(C(C)C)cc2)c[n+]1C.[I-]. The van der Waals surface area contributed by atoms with E-state index in [0.717, 1.165) is 11.3 Å². The van der Waals surface area contributed by atoms with Gasteiger partial charge in [-0.25, -0.2) is 4.57 Å². The number of aryl methyl sites for hydroxylation is 3. The zero-order valence-corrected chi connectivity index (χ0v) is 16.6. The van der Waals surface area contributed by atoms with Crippen LogP contribution in [0, 0.1) is 6.92 Å². The van der Waals surface area contributed by atoms with Crippen LogP contribution in [0.2, 0.25) is 0 Å². The number of halogens is 1. The normalized spacial score (nSPS) is 12.0. The molecule has 0 aliphatic heterocycles. The van der Waals surface area contributed by atoms with Crippen molar-refractivity contribution >= 4 is 10.8 Å². The molecule has 0 saturated carbocycles. The Balaban J connectivity index is 0.00000242. The Kier molecular flexibility index (Phi) is 7.69. The molecular formula is C18H24INOS. The summed E-state index contributed by atoms with van der Waals surface area (Å²) in [6.07, 6.45) is 2.96. The van der Waals surface area contributed by atoms with Crippen LogP contribution in [0.25, 0.3) is 0 Å². The van der Waals surface area contributed by atoms with Crippen LogP contribution >= 0.6 is 0 Å². The quantitative estimate of drug-likeness (QED) is 0.495. The summed E-state index contributed by atoms with van der Waals surface area (Å²) in [5.74, 6) is 1.18. The Morgan fingerprint density at radius 2 is 1.73 bits per heavy atom. The van der Waals surface area contributed by atoms with Gasteiger partial charge in [0.25, 0.3) is 0 Å². The molecule has 0 bridgehead atoms. The number of pyridine rings is 1. The minimum Gasteiger partial charge on any atom is -1.00 e. The van der Waals surface area contributed by atoms with Crippen LogP contribution in [0.15, 0.2) is 47.5 Å². The van der Waals surface area contributed by atoms with Crippen molar-refractivity contribution in [2.45, 2.75) is 38.0 Å². The molecule has 1 aromatic heterocycles. The molecule has 0 radical (unpaired) electrons. The van der Waals surface area contributed by atoms with Crippen LogP contribution < -0.4 is 28.5 Å². The van der Waals surface area contributed by atoms with E-state index >= 15 is 0 Å². The minimum atomic E-state index is -0.927. The highest BCUT2D eigenvalue weighted by atomic mass is 127. The Bertz CT molecular complexity index is 638.